The van der Waals surface area contributed by atoms with Crippen LogP contribution >= 0.6 is 11.6 Å². The van der Waals surface area contributed by atoms with Crippen LogP contribution in [-0.2, 0) is 4.74 Å². The monoisotopic (exact) mass is 251 g/mol. The molecular formula is C12H10ClNO3. The molecule has 0 aliphatic heterocycles. The maximum Gasteiger partial charge on any atom is 0.343 e. The molecule has 0 bridgehead atoms. The van der Waals surface area contributed by atoms with E-state index < -0.39 is 5.97 Å². The molecule has 4 nitrogen and oxygen atoms in total. The van der Waals surface area contributed by atoms with Crippen molar-refractivity contribution in [2.45, 2.75) is 6.92 Å². The third kappa shape index (κ3) is 2.47. The number of benzene rings is 1. The van der Waals surface area contributed by atoms with Crippen molar-refractivity contribution in [3.05, 3.63) is 41.0 Å². The number of ether oxygens (including phenoxy) is 1. The van der Waals surface area contributed by atoms with E-state index in [0.717, 1.165) is 5.56 Å². The van der Waals surface area contributed by atoms with Crippen LogP contribution in [-0.4, -0.2) is 17.7 Å². The molecular weight excluding hydrogens is 242 g/mol. The molecule has 88 valence electrons. The number of rotatable bonds is 3. The van der Waals surface area contributed by atoms with Gasteiger partial charge < -0.3 is 9.26 Å². The van der Waals surface area contributed by atoms with Gasteiger partial charge in [-0.05, 0) is 31.2 Å². The Labute approximate surface area is 103 Å². The Hall–Kier alpha value is -1.81. The van der Waals surface area contributed by atoms with Crippen LogP contribution in [0.25, 0.3) is 11.3 Å². The van der Waals surface area contributed by atoms with Gasteiger partial charge in [0.15, 0.2) is 5.76 Å². The van der Waals surface area contributed by atoms with Gasteiger partial charge in [-0.2, -0.15) is 0 Å². The smallest absolute Gasteiger partial charge is 0.343 e. The van der Waals surface area contributed by atoms with Gasteiger partial charge in [-0.25, -0.2) is 4.79 Å². The molecule has 0 spiro atoms. The van der Waals surface area contributed by atoms with E-state index in [9.17, 15) is 4.79 Å². The van der Waals surface area contributed by atoms with E-state index in [4.69, 9.17) is 20.9 Å². The molecule has 5 heteroatoms. The van der Waals surface area contributed by atoms with Crippen LogP contribution in [0.15, 0.2) is 35.0 Å². The van der Waals surface area contributed by atoms with Gasteiger partial charge >= 0.3 is 5.97 Å². The Morgan fingerprint density at radius 3 is 2.76 bits per heavy atom. The van der Waals surface area contributed by atoms with Gasteiger partial charge in [-0.15, -0.1) is 0 Å². The predicted octanol–water partition coefficient (Wildman–Crippen LogP) is 3.17. The number of carbonyl (C=O) groups is 1. The molecule has 0 amide bonds. The first-order chi connectivity index (χ1) is 8.22. The van der Waals surface area contributed by atoms with Crippen LogP contribution in [0.4, 0.5) is 0 Å². The van der Waals surface area contributed by atoms with E-state index in [1.807, 2.05) is 0 Å². The second kappa shape index (κ2) is 5.01. The third-order valence-corrected chi connectivity index (χ3v) is 2.42. The average Bonchev–Trinajstić information content (AvgIpc) is 2.79. The van der Waals surface area contributed by atoms with Crippen molar-refractivity contribution in [1.29, 1.82) is 0 Å². The largest absolute Gasteiger partial charge is 0.462 e. The zero-order valence-electron chi connectivity index (χ0n) is 9.14. The Balaban J connectivity index is 2.36. The SMILES string of the molecule is CCOC(=O)c1cnoc1-c1ccc(Cl)cc1. The lowest BCUT2D eigenvalue weighted by atomic mass is 10.1. The number of nitrogens with zero attached hydrogens (tertiary/aromatic N) is 1. The fourth-order valence-corrected chi connectivity index (χ4v) is 1.53. The first-order valence-electron chi connectivity index (χ1n) is 5.10. The molecule has 0 saturated carbocycles. The van der Waals surface area contributed by atoms with E-state index in [2.05, 4.69) is 5.16 Å². The summed E-state index contributed by atoms with van der Waals surface area (Å²) in [5.74, 6) is -0.0567. The van der Waals surface area contributed by atoms with Crippen LogP contribution in [0.2, 0.25) is 5.02 Å². The van der Waals surface area contributed by atoms with Gasteiger partial charge in [0.1, 0.15) is 5.56 Å². The predicted molar refractivity (Wildman–Crippen MR) is 62.9 cm³/mol. The summed E-state index contributed by atoms with van der Waals surface area (Å²) >= 11 is 5.79. The van der Waals surface area contributed by atoms with Crippen molar-refractivity contribution in [3.8, 4) is 11.3 Å². The van der Waals surface area contributed by atoms with E-state index in [1.165, 1.54) is 6.20 Å². The number of carbonyl (C=O) groups excluding carboxylic acids is 1. The topological polar surface area (TPSA) is 52.3 Å². The van der Waals surface area contributed by atoms with Crippen LogP contribution in [0, 0.1) is 0 Å². The molecule has 0 atom stereocenters. The third-order valence-electron chi connectivity index (χ3n) is 2.17. The molecule has 17 heavy (non-hydrogen) atoms. The lowest BCUT2D eigenvalue weighted by Crippen LogP contribution is -2.04. The second-order valence-corrected chi connectivity index (χ2v) is 3.73. The standard InChI is InChI=1S/C12H10ClNO3/c1-2-16-12(15)10-7-14-17-11(10)8-3-5-9(13)6-4-8/h3-7H,2H2,1H3. The molecule has 0 aliphatic rings. The van der Waals surface area contributed by atoms with Crippen molar-refractivity contribution >= 4 is 17.6 Å². The van der Waals surface area contributed by atoms with Crippen LogP contribution in [0.3, 0.4) is 0 Å². The summed E-state index contributed by atoms with van der Waals surface area (Å²) in [5, 5.41) is 4.23. The molecule has 0 aliphatic carbocycles. The fourth-order valence-electron chi connectivity index (χ4n) is 1.40. The molecule has 0 saturated heterocycles. The zero-order valence-corrected chi connectivity index (χ0v) is 9.90. The molecule has 0 unspecified atom stereocenters. The van der Waals surface area contributed by atoms with Gasteiger partial charge in [-0.1, -0.05) is 16.8 Å². The summed E-state index contributed by atoms with van der Waals surface area (Å²) in [5.41, 5.74) is 1.05. The highest BCUT2D eigenvalue weighted by Gasteiger charge is 2.18. The number of hydrogen-bond donors (Lipinski definition) is 0. The molecule has 2 rings (SSSR count). The number of aromatic nitrogens is 1. The maximum atomic E-state index is 11.6. The minimum Gasteiger partial charge on any atom is -0.462 e. The highest BCUT2D eigenvalue weighted by atomic mass is 35.5. The van der Waals surface area contributed by atoms with E-state index >= 15 is 0 Å². The molecule has 0 radical (unpaired) electrons. The van der Waals surface area contributed by atoms with Crippen molar-refractivity contribution < 1.29 is 14.1 Å². The number of esters is 1. The summed E-state index contributed by atoms with van der Waals surface area (Å²) in [4.78, 5) is 11.6. The highest BCUT2D eigenvalue weighted by Crippen LogP contribution is 2.25. The van der Waals surface area contributed by atoms with Gasteiger partial charge in [0.05, 0.1) is 12.8 Å². The van der Waals surface area contributed by atoms with Crippen LogP contribution in [0.1, 0.15) is 17.3 Å². The normalized spacial score (nSPS) is 10.2. The molecule has 1 aromatic heterocycles. The minimum atomic E-state index is -0.446. The number of hydrogen-bond acceptors (Lipinski definition) is 4. The molecule has 2 aromatic rings. The van der Waals surface area contributed by atoms with Crippen molar-refractivity contribution in [2.24, 2.45) is 0 Å². The summed E-state index contributed by atoms with van der Waals surface area (Å²) in [6, 6.07) is 6.94. The summed E-state index contributed by atoms with van der Waals surface area (Å²) < 4.78 is 9.97. The fraction of sp³-hybridized carbons (Fsp3) is 0.167. The highest BCUT2D eigenvalue weighted by molar-refractivity contribution is 6.30. The van der Waals surface area contributed by atoms with Crippen LogP contribution < -0.4 is 0 Å². The zero-order chi connectivity index (χ0) is 12.3. The molecule has 0 N–H and O–H groups in total. The van der Waals surface area contributed by atoms with Crippen molar-refractivity contribution in [1.82, 2.24) is 5.16 Å². The Morgan fingerprint density at radius 2 is 2.12 bits per heavy atom. The Kier molecular flexibility index (Phi) is 3.44. The van der Waals surface area contributed by atoms with E-state index in [0.29, 0.717) is 23.0 Å². The summed E-state index contributed by atoms with van der Waals surface area (Å²) in [6.45, 7) is 2.05. The lowest BCUT2D eigenvalue weighted by Gasteiger charge is -2.01. The summed E-state index contributed by atoms with van der Waals surface area (Å²) in [6.07, 6.45) is 1.35. The first kappa shape index (κ1) is 11.7. The quantitative estimate of drug-likeness (QED) is 0.787. The molecule has 0 fully saturated rings. The number of halogens is 1. The van der Waals surface area contributed by atoms with Crippen LogP contribution in [0.5, 0.6) is 0 Å². The maximum absolute atomic E-state index is 11.6. The van der Waals surface area contributed by atoms with Gasteiger partial charge in [0, 0.05) is 10.6 Å². The van der Waals surface area contributed by atoms with Gasteiger partial charge in [-0.3, -0.25) is 0 Å². The first-order valence-corrected chi connectivity index (χ1v) is 5.48. The minimum absolute atomic E-state index is 0.310. The molecule has 1 heterocycles. The van der Waals surface area contributed by atoms with Gasteiger partial charge in [0.25, 0.3) is 0 Å². The van der Waals surface area contributed by atoms with E-state index in [-0.39, 0.29) is 0 Å². The van der Waals surface area contributed by atoms with Crippen molar-refractivity contribution in [2.75, 3.05) is 6.61 Å². The summed E-state index contributed by atoms with van der Waals surface area (Å²) in [7, 11) is 0. The van der Waals surface area contributed by atoms with E-state index in [1.54, 1.807) is 31.2 Å². The Morgan fingerprint density at radius 1 is 1.41 bits per heavy atom. The lowest BCUT2D eigenvalue weighted by molar-refractivity contribution is 0.0527. The molecule has 1 aromatic carbocycles. The van der Waals surface area contributed by atoms with Crippen molar-refractivity contribution in [3.63, 3.8) is 0 Å². The Bertz CT molecular complexity index is 519. The van der Waals surface area contributed by atoms with Gasteiger partial charge in [0.2, 0.25) is 0 Å². The second-order valence-electron chi connectivity index (χ2n) is 3.30. The average molecular weight is 252 g/mol.